The van der Waals surface area contributed by atoms with Gasteiger partial charge in [0.2, 0.25) is 0 Å². The Balaban J connectivity index is 1.72. The smallest absolute Gasteiger partial charge is 0.360 e. The van der Waals surface area contributed by atoms with Gasteiger partial charge in [0.1, 0.15) is 0 Å². The molecule has 0 saturated heterocycles. The summed E-state index contributed by atoms with van der Waals surface area (Å²) in [6.45, 7) is 3.70. The molecule has 0 amide bonds. The van der Waals surface area contributed by atoms with Gasteiger partial charge in [0.05, 0.1) is 16.3 Å². The number of aromatic amines is 1. The van der Waals surface area contributed by atoms with Crippen molar-refractivity contribution in [2.24, 2.45) is 0 Å². The molecule has 8 nitrogen and oxygen atoms in total. The van der Waals surface area contributed by atoms with Crippen LogP contribution in [0, 0.1) is 0 Å². The molecule has 29 heavy (non-hydrogen) atoms. The van der Waals surface area contributed by atoms with Crippen LogP contribution in [-0.4, -0.2) is 25.7 Å². The second-order valence-corrected chi connectivity index (χ2v) is 6.53. The molecule has 4 aromatic rings. The predicted octanol–water partition coefficient (Wildman–Crippen LogP) is 2.57. The molecule has 0 fully saturated rings. The van der Waals surface area contributed by atoms with Gasteiger partial charge in [-0.3, -0.25) is 9.59 Å². The van der Waals surface area contributed by atoms with E-state index in [0.717, 1.165) is 0 Å². The maximum Gasteiger partial charge on any atom is 0.360 e. The van der Waals surface area contributed by atoms with Gasteiger partial charge in [-0.25, -0.2) is 14.5 Å². The molecule has 1 atom stereocenters. The summed E-state index contributed by atoms with van der Waals surface area (Å²) < 4.78 is 6.75. The van der Waals surface area contributed by atoms with Crippen molar-refractivity contribution in [2.45, 2.75) is 26.5 Å². The number of benzene rings is 2. The molecule has 0 aliphatic heterocycles. The van der Waals surface area contributed by atoms with Crippen LogP contribution in [0.1, 0.15) is 36.3 Å². The van der Waals surface area contributed by atoms with Crippen LogP contribution in [0.25, 0.3) is 21.7 Å². The molecule has 1 unspecified atom stereocenters. The predicted molar refractivity (Wildman–Crippen MR) is 108 cm³/mol. The van der Waals surface area contributed by atoms with E-state index >= 15 is 0 Å². The van der Waals surface area contributed by atoms with E-state index < -0.39 is 12.1 Å². The molecular formula is C21H18N4O4. The van der Waals surface area contributed by atoms with Crippen LogP contribution >= 0.6 is 0 Å². The molecule has 2 aromatic carbocycles. The minimum atomic E-state index is -0.817. The summed E-state index contributed by atoms with van der Waals surface area (Å²) in [6, 6.07) is 13.7. The number of aryl methyl sites for hydroxylation is 1. The van der Waals surface area contributed by atoms with E-state index in [-0.39, 0.29) is 22.6 Å². The number of hydrogen-bond donors (Lipinski definition) is 1. The van der Waals surface area contributed by atoms with Gasteiger partial charge in [-0.1, -0.05) is 30.3 Å². The number of carbonyl (C=O) groups excluding carboxylic acids is 1. The molecule has 0 saturated carbocycles. The quantitative estimate of drug-likeness (QED) is 0.537. The molecule has 4 rings (SSSR count). The average molecular weight is 390 g/mol. The van der Waals surface area contributed by atoms with Crippen molar-refractivity contribution in [1.82, 2.24) is 19.7 Å². The minimum absolute atomic E-state index is 0.0389. The van der Waals surface area contributed by atoms with E-state index in [2.05, 4.69) is 15.1 Å². The van der Waals surface area contributed by atoms with E-state index in [9.17, 15) is 14.4 Å². The van der Waals surface area contributed by atoms with Crippen molar-refractivity contribution in [3.63, 3.8) is 0 Å². The van der Waals surface area contributed by atoms with E-state index in [4.69, 9.17) is 4.74 Å². The van der Waals surface area contributed by atoms with E-state index in [1.807, 2.05) is 0 Å². The third-order valence-electron chi connectivity index (χ3n) is 4.66. The Kier molecular flexibility index (Phi) is 4.67. The van der Waals surface area contributed by atoms with Crippen molar-refractivity contribution in [2.75, 3.05) is 0 Å². The van der Waals surface area contributed by atoms with Gasteiger partial charge in [0, 0.05) is 11.9 Å². The first kappa shape index (κ1) is 18.5. The Hall–Kier alpha value is -3.81. The van der Waals surface area contributed by atoms with Crippen LogP contribution in [0.5, 0.6) is 0 Å². The van der Waals surface area contributed by atoms with E-state index in [1.54, 1.807) is 62.4 Å². The van der Waals surface area contributed by atoms with Crippen molar-refractivity contribution in [3.8, 4) is 0 Å². The Morgan fingerprint density at radius 1 is 1.07 bits per heavy atom. The summed E-state index contributed by atoms with van der Waals surface area (Å²) in [4.78, 5) is 44.6. The summed E-state index contributed by atoms with van der Waals surface area (Å²) in [5.41, 5.74) is -0.0286. The molecule has 1 N–H and O–H groups in total. The second-order valence-electron chi connectivity index (χ2n) is 6.53. The van der Waals surface area contributed by atoms with E-state index in [0.29, 0.717) is 28.2 Å². The van der Waals surface area contributed by atoms with Gasteiger partial charge in [0.25, 0.3) is 11.1 Å². The van der Waals surface area contributed by atoms with Gasteiger partial charge in [0.15, 0.2) is 17.6 Å². The highest BCUT2D eigenvalue weighted by atomic mass is 16.5. The first-order valence-corrected chi connectivity index (χ1v) is 9.19. The first-order valence-electron chi connectivity index (χ1n) is 9.19. The zero-order valence-electron chi connectivity index (χ0n) is 15.9. The standard InChI is InChI=1S/C21H18N4O4/c1-3-25-20(27)14-9-5-4-8-13(14)17(24-25)21(28)29-12(2)18-22-16-11-7-6-10-15(16)19(26)23-18/h4-12H,3H2,1-2H3,(H,22,23,26). The molecule has 0 aliphatic rings. The average Bonchev–Trinajstić information content (AvgIpc) is 2.74. The Morgan fingerprint density at radius 2 is 1.72 bits per heavy atom. The highest BCUT2D eigenvalue weighted by molar-refractivity contribution is 6.02. The lowest BCUT2D eigenvalue weighted by molar-refractivity contribution is 0.0312. The molecule has 0 radical (unpaired) electrons. The molecule has 2 heterocycles. The van der Waals surface area contributed by atoms with Crippen LogP contribution in [0.4, 0.5) is 0 Å². The third-order valence-corrected chi connectivity index (χ3v) is 4.66. The van der Waals surface area contributed by atoms with E-state index in [1.165, 1.54) is 4.68 Å². The number of aromatic nitrogens is 4. The first-order chi connectivity index (χ1) is 14.0. The Morgan fingerprint density at radius 3 is 2.45 bits per heavy atom. The summed E-state index contributed by atoms with van der Waals surface area (Å²) in [7, 11) is 0. The largest absolute Gasteiger partial charge is 0.450 e. The lowest BCUT2D eigenvalue weighted by Gasteiger charge is -2.14. The molecule has 146 valence electrons. The number of ether oxygens (including phenoxy) is 1. The number of carbonyl (C=O) groups is 1. The van der Waals surface area contributed by atoms with Crippen LogP contribution in [0.15, 0.2) is 58.1 Å². The lowest BCUT2D eigenvalue weighted by atomic mass is 10.1. The number of para-hydroxylation sites is 1. The Bertz CT molecular complexity index is 1360. The number of esters is 1. The maximum absolute atomic E-state index is 12.9. The van der Waals surface area contributed by atoms with Crippen LogP contribution in [0.2, 0.25) is 0 Å². The number of nitrogens with one attached hydrogen (secondary N) is 1. The van der Waals surface area contributed by atoms with Crippen molar-refractivity contribution < 1.29 is 9.53 Å². The van der Waals surface area contributed by atoms with Crippen LogP contribution in [-0.2, 0) is 11.3 Å². The maximum atomic E-state index is 12.9. The van der Waals surface area contributed by atoms with Gasteiger partial charge >= 0.3 is 5.97 Å². The fourth-order valence-electron chi connectivity index (χ4n) is 3.17. The monoisotopic (exact) mass is 390 g/mol. The number of nitrogens with zero attached hydrogens (tertiary/aromatic N) is 3. The number of fused-ring (bicyclic) bond motifs is 2. The van der Waals surface area contributed by atoms with Crippen molar-refractivity contribution >= 4 is 27.6 Å². The third kappa shape index (κ3) is 3.29. The van der Waals surface area contributed by atoms with Gasteiger partial charge in [-0.2, -0.15) is 5.10 Å². The summed E-state index contributed by atoms with van der Waals surface area (Å²) in [5.74, 6) is -0.470. The molecule has 0 bridgehead atoms. The van der Waals surface area contributed by atoms with Gasteiger partial charge < -0.3 is 9.72 Å². The highest BCUT2D eigenvalue weighted by Crippen LogP contribution is 2.19. The normalized spacial score (nSPS) is 12.2. The zero-order valence-corrected chi connectivity index (χ0v) is 15.9. The van der Waals surface area contributed by atoms with Crippen LogP contribution in [0.3, 0.4) is 0 Å². The molecule has 0 aliphatic carbocycles. The molecular weight excluding hydrogens is 372 g/mol. The number of rotatable bonds is 4. The minimum Gasteiger partial charge on any atom is -0.450 e. The van der Waals surface area contributed by atoms with Crippen molar-refractivity contribution in [3.05, 3.63) is 80.8 Å². The second kappa shape index (κ2) is 7.31. The van der Waals surface area contributed by atoms with Crippen LogP contribution < -0.4 is 11.1 Å². The van der Waals surface area contributed by atoms with Gasteiger partial charge in [-0.15, -0.1) is 0 Å². The topological polar surface area (TPSA) is 107 Å². The number of H-pyrrole nitrogens is 1. The van der Waals surface area contributed by atoms with Gasteiger partial charge in [-0.05, 0) is 32.0 Å². The summed E-state index contributed by atoms with van der Waals surface area (Å²) in [5, 5.41) is 5.43. The fourth-order valence-corrected chi connectivity index (χ4v) is 3.17. The summed E-state index contributed by atoms with van der Waals surface area (Å²) >= 11 is 0. The lowest BCUT2D eigenvalue weighted by Crippen LogP contribution is -2.26. The highest BCUT2D eigenvalue weighted by Gasteiger charge is 2.22. The fraction of sp³-hybridized carbons (Fsp3) is 0.190. The molecule has 8 heteroatoms. The molecule has 2 aromatic heterocycles. The summed E-state index contributed by atoms with van der Waals surface area (Å²) in [6.07, 6.45) is -0.817. The SMILES string of the molecule is CCn1nc(C(=O)OC(C)c2nc3ccccc3c(=O)[nH]2)c2ccccc2c1=O. The van der Waals surface area contributed by atoms with Crippen molar-refractivity contribution in [1.29, 1.82) is 0 Å². The number of hydrogen-bond acceptors (Lipinski definition) is 6. The Labute approximate surface area is 164 Å². The molecule has 0 spiro atoms. The zero-order chi connectivity index (χ0) is 20.5.